The molecule has 1 spiro atoms. The number of rotatable bonds is 6. The minimum Gasteiger partial charge on any atom is -0.480 e. The van der Waals surface area contributed by atoms with Crippen LogP contribution in [-0.2, 0) is 23.1 Å². The fourth-order valence-corrected chi connectivity index (χ4v) is 7.38. The predicted octanol–water partition coefficient (Wildman–Crippen LogP) is 7.48. The number of fused-ring (bicyclic) bond motifs is 3. The van der Waals surface area contributed by atoms with Crippen molar-refractivity contribution in [2.45, 2.75) is 55.9 Å². The summed E-state index contributed by atoms with van der Waals surface area (Å²) < 4.78 is 0.947. The third-order valence-corrected chi connectivity index (χ3v) is 9.36. The second-order valence-electron chi connectivity index (χ2n) is 10.6. The number of hydrogen-bond donors (Lipinski definition) is 3. The summed E-state index contributed by atoms with van der Waals surface area (Å²) >= 11 is 3.52. The van der Waals surface area contributed by atoms with Gasteiger partial charge in [0.15, 0.2) is 0 Å². The van der Waals surface area contributed by atoms with Crippen molar-refractivity contribution in [3.63, 3.8) is 0 Å². The van der Waals surface area contributed by atoms with Crippen molar-refractivity contribution in [1.29, 1.82) is 0 Å². The minimum absolute atomic E-state index is 0.0422. The molecule has 5 heteroatoms. The van der Waals surface area contributed by atoms with Crippen LogP contribution in [0.15, 0.2) is 83.5 Å². The number of anilines is 1. The monoisotopic (exact) mass is 542 g/mol. The maximum absolute atomic E-state index is 12.6. The van der Waals surface area contributed by atoms with Crippen molar-refractivity contribution < 1.29 is 9.90 Å². The topological polar surface area (TPSA) is 65.1 Å². The highest BCUT2D eigenvalue weighted by atomic mass is 79.9. The first kappa shape index (κ1) is 23.4. The molecule has 0 bridgehead atoms. The number of benzene rings is 3. The SMILES string of the molecule is O=C(O)C1(Nc2cccc(Br)c2)CCC2(CC1)c1ccccc1CC2CCc1cccc2[nH]ccc12. The van der Waals surface area contributed by atoms with Gasteiger partial charge in [0.2, 0.25) is 0 Å². The Kier molecular flexibility index (Phi) is 5.91. The summed E-state index contributed by atoms with van der Waals surface area (Å²) in [6.07, 6.45) is 8.26. The van der Waals surface area contributed by atoms with Gasteiger partial charge in [-0.15, -0.1) is 0 Å². The Bertz CT molecular complexity index is 1420. The average Bonchev–Trinajstić information content (AvgIpc) is 3.48. The quantitative estimate of drug-likeness (QED) is 0.236. The summed E-state index contributed by atoms with van der Waals surface area (Å²) in [4.78, 5) is 16.0. The Morgan fingerprint density at radius 1 is 1.00 bits per heavy atom. The van der Waals surface area contributed by atoms with Crippen molar-refractivity contribution in [3.8, 4) is 0 Å². The van der Waals surface area contributed by atoms with Gasteiger partial charge in [0.25, 0.3) is 0 Å². The van der Waals surface area contributed by atoms with Gasteiger partial charge in [-0.25, -0.2) is 4.79 Å². The van der Waals surface area contributed by atoms with E-state index in [1.165, 1.54) is 27.6 Å². The molecular formula is C31H31BrN2O2. The molecule has 1 atom stereocenters. The van der Waals surface area contributed by atoms with E-state index < -0.39 is 11.5 Å². The van der Waals surface area contributed by atoms with Gasteiger partial charge in [-0.2, -0.15) is 0 Å². The summed E-state index contributed by atoms with van der Waals surface area (Å²) in [5.74, 6) is -0.235. The molecule has 1 aromatic heterocycles. The van der Waals surface area contributed by atoms with Crippen LogP contribution in [0, 0.1) is 5.92 Å². The van der Waals surface area contributed by atoms with Crippen LogP contribution in [0.25, 0.3) is 10.9 Å². The molecule has 36 heavy (non-hydrogen) atoms. The summed E-state index contributed by atoms with van der Waals surface area (Å²) in [6.45, 7) is 0. The second kappa shape index (κ2) is 9.11. The number of carboxylic acids is 1. The van der Waals surface area contributed by atoms with Gasteiger partial charge in [0.05, 0.1) is 0 Å². The number of aliphatic carboxylic acids is 1. The number of halogens is 1. The van der Waals surface area contributed by atoms with Crippen molar-refractivity contribution in [2.75, 3.05) is 5.32 Å². The van der Waals surface area contributed by atoms with Crippen LogP contribution in [0.4, 0.5) is 5.69 Å². The standard InChI is InChI=1S/C31H31BrN2O2/c32-24-7-4-8-25(20-24)34-31(29(35)36)16-14-30(15-17-31)23(19-22-5-1-2-9-27(22)30)12-11-21-6-3-10-28-26(21)13-18-33-28/h1-10,13,18,20,23,33-34H,11-12,14-17,19H2,(H,35,36). The molecule has 0 radical (unpaired) electrons. The summed E-state index contributed by atoms with van der Waals surface area (Å²) in [7, 11) is 0. The van der Waals surface area contributed by atoms with E-state index >= 15 is 0 Å². The number of aryl methyl sites for hydroxylation is 1. The Hall–Kier alpha value is -3.05. The molecule has 2 aliphatic rings. The first-order valence-corrected chi connectivity index (χ1v) is 13.7. The van der Waals surface area contributed by atoms with Crippen molar-refractivity contribution >= 4 is 38.5 Å². The Balaban J connectivity index is 1.28. The van der Waals surface area contributed by atoms with Crippen LogP contribution in [0.1, 0.15) is 48.8 Å². The first-order valence-electron chi connectivity index (χ1n) is 12.9. The van der Waals surface area contributed by atoms with E-state index in [9.17, 15) is 9.90 Å². The third kappa shape index (κ3) is 3.94. The molecule has 6 rings (SSSR count). The number of nitrogens with one attached hydrogen (secondary N) is 2. The third-order valence-electron chi connectivity index (χ3n) is 8.86. The maximum atomic E-state index is 12.6. The number of aromatic amines is 1. The highest BCUT2D eigenvalue weighted by Crippen LogP contribution is 2.55. The predicted molar refractivity (Wildman–Crippen MR) is 149 cm³/mol. The van der Waals surface area contributed by atoms with Crippen LogP contribution in [0.5, 0.6) is 0 Å². The lowest BCUT2D eigenvalue weighted by molar-refractivity contribution is -0.144. The molecule has 0 aliphatic heterocycles. The number of H-pyrrole nitrogens is 1. The first-order chi connectivity index (χ1) is 17.5. The maximum Gasteiger partial charge on any atom is 0.329 e. The molecule has 3 aromatic carbocycles. The average molecular weight is 544 g/mol. The molecule has 1 unspecified atom stereocenters. The lowest BCUT2D eigenvalue weighted by Gasteiger charge is -2.47. The van der Waals surface area contributed by atoms with Crippen LogP contribution in [0.3, 0.4) is 0 Å². The number of aromatic nitrogens is 1. The Labute approximate surface area is 220 Å². The van der Waals surface area contributed by atoms with Crippen LogP contribution in [0.2, 0.25) is 0 Å². The highest BCUT2D eigenvalue weighted by molar-refractivity contribution is 9.10. The fraction of sp³-hybridized carbons (Fsp3) is 0.323. The highest BCUT2D eigenvalue weighted by Gasteiger charge is 2.53. The van der Waals surface area contributed by atoms with Gasteiger partial charge in [-0.05, 0) is 103 Å². The second-order valence-corrected chi connectivity index (χ2v) is 11.5. The largest absolute Gasteiger partial charge is 0.480 e. The number of carbonyl (C=O) groups is 1. The zero-order valence-electron chi connectivity index (χ0n) is 20.3. The smallest absolute Gasteiger partial charge is 0.329 e. The molecule has 0 saturated heterocycles. The van der Waals surface area contributed by atoms with Crippen LogP contribution < -0.4 is 5.32 Å². The molecule has 1 saturated carbocycles. The molecular weight excluding hydrogens is 512 g/mol. The van der Waals surface area contributed by atoms with E-state index in [2.05, 4.69) is 74.8 Å². The molecule has 0 amide bonds. The Morgan fingerprint density at radius 3 is 2.61 bits per heavy atom. The van der Waals surface area contributed by atoms with E-state index in [0.29, 0.717) is 18.8 Å². The molecule has 1 fully saturated rings. The van der Waals surface area contributed by atoms with Gasteiger partial charge in [-0.1, -0.05) is 58.4 Å². The molecule has 2 aliphatic carbocycles. The molecule has 184 valence electrons. The summed E-state index contributed by atoms with van der Waals surface area (Å²) in [5, 5.41) is 15.1. The van der Waals surface area contributed by atoms with Gasteiger partial charge in [0.1, 0.15) is 5.54 Å². The van der Waals surface area contributed by atoms with Crippen molar-refractivity contribution in [1.82, 2.24) is 4.98 Å². The summed E-state index contributed by atoms with van der Waals surface area (Å²) in [6, 6.07) is 25.4. The van der Waals surface area contributed by atoms with E-state index in [1.54, 1.807) is 0 Å². The molecule has 3 N–H and O–H groups in total. The van der Waals surface area contributed by atoms with Crippen molar-refractivity contribution in [3.05, 3.63) is 100 Å². The minimum atomic E-state index is -0.940. The zero-order valence-corrected chi connectivity index (χ0v) is 21.9. The van der Waals surface area contributed by atoms with E-state index in [0.717, 1.165) is 42.3 Å². The fourth-order valence-electron chi connectivity index (χ4n) is 6.98. The lowest BCUT2D eigenvalue weighted by Crippen LogP contribution is -2.53. The van der Waals surface area contributed by atoms with E-state index in [-0.39, 0.29) is 5.41 Å². The number of carboxylic acid groups (broad SMARTS) is 1. The zero-order chi connectivity index (χ0) is 24.8. The van der Waals surface area contributed by atoms with Gasteiger partial charge in [0, 0.05) is 27.3 Å². The molecule has 4 aromatic rings. The normalized spacial score (nSPS) is 25.2. The summed E-state index contributed by atoms with van der Waals surface area (Å²) in [5.41, 5.74) is 5.45. The van der Waals surface area contributed by atoms with Gasteiger partial charge >= 0.3 is 5.97 Å². The van der Waals surface area contributed by atoms with Crippen LogP contribution in [-0.4, -0.2) is 21.6 Å². The van der Waals surface area contributed by atoms with Gasteiger partial charge in [-0.3, -0.25) is 0 Å². The molecule has 4 nitrogen and oxygen atoms in total. The Morgan fingerprint density at radius 2 is 1.81 bits per heavy atom. The van der Waals surface area contributed by atoms with Crippen molar-refractivity contribution in [2.24, 2.45) is 5.92 Å². The van der Waals surface area contributed by atoms with Crippen LogP contribution >= 0.6 is 15.9 Å². The van der Waals surface area contributed by atoms with E-state index in [4.69, 9.17) is 0 Å². The van der Waals surface area contributed by atoms with Gasteiger partial charge < -0.3 is 15.4 Å². The number of hydrogen-bond acceptors (Lipinski definition) is 2. The lowest BCUT2D eigenvalue weighted by atomic mass is 9.60. The molecule has 1 heterocycles. The van der Waals surface area contributed by atoms with E-state index in [1.807, 2.05) is 30.5 Å².